The number of hydrogen-bond donors (Lipinski definition) is 2. The van der Waals surface area contributed by atoms with Crippen LogP contribution in [0.4, 0.5) is 5.82 Å². The first-order chi connectivity index (χ1) is 7.72. The number of nitrogens with zero attached hydrogens (tertiary/aromatic N) is 2. The molecule has 0 radical (unpaired) electrons. The number of H-pyrrole nitrogens is 1. The van der Waals surface area contributed by atoms with Gasteiger partial charge in [-0.2, -0.15) is 0 Å². The van der Waals surface area contributed by atoms with Gasteiger partial charge in [0, 0.05) is 10.9 Å². The Morgan fingerprint density at radius 1 is 1.31 bits per heavy atom. The molecule has 16 heavy (non-hydrogen) atoms. The predicted octanol–water partition coefficient (Wildman–Crippen LogP) is 2.87. The van der Waals surface area contributed by atoms with Gasteiger partial charge in [0.1, 0.15) is 11.6 Å². The summed E-state index contributed by atoms with van der Waals surface area (Å²) in [4.78, 5) is 11.8. The van der Waals surface area contributed by atoms with Crippen LogP contribution in [0.5, 0.6) is 0 Å². The second-order valence-corrected chi connectivity index (χ2v) is 6.14. The molecule has 3 heterocycles. The van der Waals surface area contributed by atoms with Gasteiger partial charge < -0.3 is 10.7 Å². The number of pyridine rings is 1. The van der Waals surface area contributed by atoms with Gasteiger partial charge in [0.05, 0.1) is 8.40 Å². The highest BCUT2D eigenvalue weighted by Gasteiger charge is 2.07. The number of nitrogens with two attached hydrogens (primary N) is 1. The average molecular weight is 342 g/mol. The van der Waals surface area contributed by atoms with Gasteiger partial charge >= 0.3 is 0 Å². The Kier molecular flexibility index (Phi) is 2.32. The molecule has 0 aromatic carbocycles. The molecule has 0 fully saturated rings. The number of aromatic amines is 1. The molecule has 0 saturated carbocycles. The number of halogens is 1. The molecule has 0 aliphatic heterocycles. The van der Waals surface area contributed by atoms with Crippen molar-refractivity contribution < 1.29 is 0 Å². The lowest BCUT2D eigenvalue weighted by Crippen LogP contribution is -1.88. The second-order valence-electron chi connectivity index (χ2n) is 3.33. The van der Waals surface area contributed by atoms with E-state index in [1.165, 1.54) is 2.88 Å². The van der Waals surface area contributed by atoms with Gasteiger partial charge in [0.15, 0.2) is 5.65 Å². The van der Waals surface area contributed by atoms with Crippen LogP contribution >= 0.6 is 33.9 Å². The Hall–Kier alpha value is -1.15. The molecule has 3 aromatic heterocycles. The summed E-state index contributed by atoms with van der Waals surface area (Å²) in [6.45, 7) is 0. The highest BCUT2D eigenvalue weighted by Crippen LogP contribution is 2.26. The maximum Gasteiger partial charge on any atom is 0.180 e. The van der Waals surface area contributed by atoms with Crippen LogP contribution in [0, 0.1) is 2.88 Å². The Bertz CT molecular complexity index is 658. The molecule has 3 aromatic rings. The van der Waals surface area contributed by atoms with E-state index in [4.69, 9.17) is 5.73 Å². The van der Waals surface area contributed by atoms with Crippen LogP contribution in [0.3, 0.4) is 0 Å². The van der Waals surface area contributed by atoms with Crippen molar-refractivity contribution in [2.24, 2.45) is 0 Å². The lowest BCUT2D eigenvalue weighted by atomic mass is 10.3. The molecule has 0 amide bonds. The van der Waals surface area contributed by atoms with Crippen molar-refractivity contribution in [3.8, 4) is 11.4 Å². The van der Waals surface area contributed by atoms with Gasteiger partial charge in [0.2, 0.25) is 0 Å². The Morgan fingerprint density at radius 3 is 2.94 bits per heavy atom. The van der Waals surface area contributed by atoms with Gasteiger partial charge in [0.25, 0.3) is 0 Å². The Labute approximate surface area is 109 Å². The van der Waals surface area contributed by atoms with E-state index in [-0.39, 0.29) is 0 Å². The molecule has 6 heteroatoms. The van der Waals surface area contributed by atoms with Gasteiger partial charge in [-0.05, 0) is 40.8 Å². The zero-order valence-corrected chi connectivity index (χ0v) is 11.0. The molecular formula is C10H7IN4S. The third kappa shape index (κ3) is 1.67. The molecule has 3 N–H and O–H groups in total. The number of fused-ring (bicyclic) bond motifs is 1. The minimum Gasteiger partial charge on any atom is -0.384 e. The zero-order chi connectivity index (χ0) is 11.1. The predicted molar refractivity (Wildman–Crippen MR) is 74.3 cm³/mol. The van der Waals surface area contributed by atoms with Crippen LogP contribution in [0.1, 0.15) is 0 Å². The molecular weight excluding hydrogens is 335 g/mol. The first kappa shape index (κ1) is 10.0. The minimum atomic E-state index is 0.491. The highest BCUT2D eigenvalue weighted by atomic mass is 127. The van der Waals surface area contributed by atoms with Crippen LogP contribution in [-0.4, -0.2) is 15.0 Å². The standard InChI is InChI=1S/C10H7IN4S/c11-7-3-5(4-16-7)9-13-6-1-2-8(12)14-10(6)15-9/h1-4H,(H3,12,13,14,15). The first-order valence-corrected chi connectivity index (χ1v) is 6.55. The molecule has 80 valence electrons. The van der Waals surface area contributed by atoms with E-state index in [9.17, 15) is 0 Å². The summed E-state index contributed by atoms with van der Waals surface area (Å²) in [5, 5.41) is 2.07. The third-order valence-corrected chi connectivity index (χ3v) is 4.00. The molecule has 4 nitrogen and oxygen atoms in total. The zero-order valence-electron chi connectivity index (χ0n) is 8.07. The summed E-state index contributed by atoms with van der Waals surface area (Å²) < 4.78 is 1.24. The summed E-state index contributed by atoms with van der Waals surface area (Å²) >= 11 is 3.99. The van der Waals surface area contributed by atoms with Crippen molar-refractivity contribution in [1.82, 2.24) is 15.0 Å². The van der Waals surface area contributed by atoms with Crippen molar-refractivity contribution in [3.05, 3.63) is 26.5 Å². The van der Waals surface area contributed by atoms with Crippen LogP contribution in [-0.2, 0) is 0 Å². The molecule has 0 saturated heterocycles. The number of nitrogens with one attached hydrogen (secondary N) is 1. The molecule has 0 unspecified atom stereocenters. The van der Waals surface area contributed by atoms with Crippen molar-refractivity contribution in [2.45, 2.75) is 0 Å². The van der Waals surface area contributed by atoms with Gasteiger partial charge in [-0.15, -0.1) is 11.3 Å². The lowest BCUT2D eigenvalue weighted by molar-refractivity contribution is 1.31. The maximum atomic E-state index is 5.61. The molecule has 0 spiro atoms. The summed E-state index contributed by atoms with van der Waals surface area (Å²) in [6.07, 6.45) is 0. The fourth-order valence-corrected chi connectivity index (χ4v) is 2.81. The monoisotopic (exact) mass is 342 g/mol. The number of anilines is 1. The van der Waals surface area contributed by atoms with Crippen molar-refractivity contribution in [3.63, 3.8) is 0 Å². The smallest absolute Gasteiger partial charge is 0.180 e. The summed E-state index contributed by atoms with van der Waals surface area (Å²) in [6, 6.07) is 5.75. The van der Waals surface area contributed by atoms with Gasteiger partial charge in [-0.25, -0.2) is 9.97 Å². The summed E-state index contributed by atoms with van der Waals surface area (Å²) in [7, 11) is 0. The van der Waals surface area contributed by atoms with Crippen LogP contribution < -0.4 is 5.73 Å². The fraction of sp³-hybridized carbons (Fsp3) is 0. The molecule has 3 rings (SSSR count). The minimum absolute atomic E-state index is 0.491. The van der Waals surface area contributed by atoms with E-state index in [2.05, 4.69) is 49.0 Å². The van der Waals surface area contributed by atoms with Gasteiger partial charge in [-0.1, -0.05) is 0 Å². The number of aromatic nitrogens is 3. The molecule has 0 atom stereocenters. The molecule has 0 aliphatic rings. The number of rotatable bonds is 1. The van der Waals surface area contributed by atoms with Crippen molar-refractivity contribution >= 4 is 50.9 Å². The molecule has 0 bridgehead atoms. The van der Waals surface area contributed by atoms with E-state index >= 15 is 0 Å². The van der Waals surface area contributed by atoms with Crippen LogP contribution in [0.25, 0.3) is 22.6 Å². The highest BCUT2D eigenvalue weighted by molar-refractivity contribution is 14.1. The van der Waals surface area contributed by atoms with E-state index in [0.29, 0.717) is 11.5 Å². The quantitative estimate of drug-likeness (QED) is 0.669. The number of hydrogen-bond acceptors (Lipinski definition) is 4. The topological polar surface area (TPSA) is 67.6 Å². The van der Waals surface area contributed by atoms with Crippen molar-refractivity contribution in [2.75, 3.05) is 5.73 Å². The van der Waals surface area contributed by atoms with Crippen LogP contribution in [0.15, 0.2) is 23.6 Å². The van der Waals surface area contributed by atoms with Crippen LogP contribution in [0.2, 0.25) is 0 Å². The second kappa shape index (κ2) is 3.70. The molecule has 0 aliphatic carbocycles. The lowest BCUT2D eigenvalue weighted by Gasteiger charge is -1.88. The van der Waals surface area contributed by atoms with E-state index in [1.54, 1.807) is 17.4 Å². The SMILES string of the molecule is Nc1ccc2[nH]c(-c3csc(I)c3)nc2n1. The normalized spacial score (nSPS) is 11.1. The van der Waals surface area contributed by atoms with E-state index in [1.807, 2.05) is 6.07 Å². The Morgan fingerprint density at radius 2 is 2.19 bits per heavy atom. The van der Waals surface area contributed by atoms with Crippen molar-refractivity contribution in [1.29, 1.82) is 0 Å². The van der Waals surface area contributed by atoms with Gasteiger partial charge in [-0.3, -0.25) is 0 Å². The first-order valence-electron chi connectivity index (χ1n) is 4.59. The largest absolute Gasteiger partial charge is 0.384 e. The number of nitrogen functional groups attached to an aromatic ring is 1. The summed E-state index contributed by atoms with van der Waals surface area (Å²) in [5.41, 5.74) is 8.27. The maximum absolute atomic E-state index is 5.61. The van der Waals surface area contributed by atoms with E-state index in [0.717, 1.165) is 16.9 Å². The number of thiophene rings is 1. The summed E-state index contributed by atoms with van der Waals surface area (Å²) in [5.74, 6) is 1.33. The average Bonchev–Trinajstić information content (AvgIpc) is 2.83. The fourth-order valence-electron chi connectivity index (χ4n) is 1.48. The number of imidazole rings is 1. The Balaban J connectivity index is 2.18. The van der Waals surface area contributed by atoms with E-state index < -0.39 is 0 Å². The third-order valence-electron chi connectivity index (χ3n) is 2.21.